The number of carboxylic acids is 1. The lowest BCUT2D eigenvalue weighted by Crippen LogP contribution is -2.12. The van der Waals surface area contributed by atoms with Crippen LogP contribution in [0.1, 0.15) is 27.6 Å². The predicted octanol–water partition coefficient (Wildman–Crippen LogP) is 4.65. The van der Waals surface area contributed by atoms with Crippen molar-refractivity contribution < 1.29 is 14.6 Å². The van der Waals surface area contributed by atoms with E-state index < -0.39 is 12.1 Å². The average molecular weight is 375 g/mol. The van der Waals surface area contributed by atoms with Crippen LogP contribution in [-0.2, 0) is 0 Å². The van der Waals surface area contributed by atoms with E-state index in [0.29, 0.717) is 10.0 Å². The summed E-state index contributed by atoms with van der Waals surface area (Å²) in [5, 5.41) is 10.1. The first-order valence-electron chi connectivity index (χ1n) is 7.26. The van der Waals surface area contributed by atoms with Gasteiger partial charge in [-0.15, -0.1) is 0 Å². The fourth-order valence-corrected chi connectivity index (χ4v) is 2.59. The Morgan fingerprint density at radius 1 is 1.00 bits per heavy atom. The molecule has 3 aromatic rings. The molecule has 1 N–H and O–H groups in total. The van der Waals surface area contributed by atoms with E-state index >= 15 is 0 Å². The number of rotatable bonds is 5. The Kier molecular flexibility index (Phi) is 5.16. The number of benzene rings is 2. The summed E-state index contributed by atoms with van der Waals surface area (Å²) in [6.07, 6.45) is 1.81. The second-order valence-electron chi connectivity index (χ2n) is 5.13. The van der Waals surface area contributed by atoms with Gasteiger partial charge in [0, 0.05) is 28.0 Å². The maximum absolute atomic E-state index is 10.9. The smallest absolute Gasteiger partial charge is 0.338 e. The number of carboxylic acid groups (broad SMARTS) is 1. The number of halogens is 2. The topological polar surface area (TPSA) is 72.3 Å². The van der Waals surface area contributed by atoms with Crippen LogP contribution in [0.2, 0.25) is 10.0 Å². The first-order valence-corrected chi connectivity index (χ1v) is 8.02. The molecule has 25 heavy (non-hydrogen) atoms. The first-order chi connectivity index (χ1) is 12.0. The van der Waals surface area contributed by atoms with E-state index in [0.717, 1.165) is 11.1 Å². The Balaban J connectivity index is 1.98. The summed E-state index contributed by atoms with van der Waals surface area (Å²) in [4.78, 5) is 18.8. The highest BCUT2D eigenvalue weighted by molar-refractivity contribution is 6.31. The third-order valence-electron chi connectivity index (χ3n) is 3.46. The number of aromatic nitrogens is 2. The van der Waals surface area contributed by atoms with Gasteiger partial charge in [-0.05, 0) is 23.8 Å². The van der Waals surface area contributed by atoms with Crippen molar-refractivity contribution in [3.8, 4) is 6.01 Å². The molecule has 0 saturated carbocycles. The lowest BCUT2D eigenvalue weighted by Gasteiger charge is -2.20. The fraction of sp³-hybridized carbons (Fsp3) is 0.0556. The molecule has 0 radical (unpaired) electrons. The van der Waals surface area contributed by atoms with Gasteiger partial charge in [0.05, 0.1) is 5.56 Å². The second kappa shape index (κ2) is 7.51. The third kappa shape index (κ3) is 4.07. The molecule has 7 heteroatoms. The Morgan fingerprint density at radius 2 is 1.64 bits per heavy atom. The molecule has 0 aliphatic rings. The van der Waals surface area contributed by atoms with Crippen LogP contribution in [0.5, 0.6) is 6.01 Å². The molecule has 0 saturated heterocycles. The molecule has 1 aromatic heterocycles. The molecule has 0 fully saturated rings. The zero-order valence-electron chi connectivity index (χ0n) is 12.8. The van der Waals surface area contributed by atoms with Crippen LogP contribution in [0.3, 0.4) is 0 Å². The molecule has 126 valence electrons. The summed E-state index contributed by atoms with van der Waals surface area (Å²) in [5.41, 5.74) is 1.52. The SMILES string of the molecule is O=C(O)c1cnc(OC(c2ccc(Cl)cc2)c2ccccc2Cl)nc1. The average Bonchev–Trinajstić information content (AvgIpc) is 2.62. The standard InChI is InChI=1S/C18H12Cl2N2O3/c19-13-7-5-11(6-8-13)16(14-3-1-2-4-15(14)20)25-18-21-9-12(10-22-18)17(23)24/h1-10,16H,(H,23,24). The molecule has 1 unspecified atom stereocenters. The van der Waals surface area contributed by atoms with E-state index in [-0.39, 0.29) is 11.6 Å². The van der Waals surface area contributed by atoms with Crippen molar-refractivity contribution in [3.05, 3.63) is 87.7 Å². The fourth-order valence-electron chi connectivity index (χ4n) is 2.23. The molecular formula is C18H12Cl2N2O3. The predicted molar refractivity (Wildman–Crippen MR) is 94.4 cm³/mol. The molecular weight excluding hydrogens is 363 g/mol. The van der Waals surface area contributed by atoms with Crippen LogP contribution in [0.15, 0.2) is 60.9 Å². The quantitative estimate of drug-likeness (QED) is 0.703. The number of hydrogen-bond acceptors (Lipinski definition) is 4. The van der Waals surface area contributed by atoms with E-state index in [1.165, 1.54) is 12.4 Å². The largest absolute Gasteiger partial charge is 0.478 e. The number of aromatic carboxylic acids is 1. The number of carbonyl (C=O) groups is 1. The molecule has 0 aliphatic heterocycles. The summed E-state index contributed by atoms with van der Waals surface area (Å²) < 4.78 is 5.90. The van der Waals surface area contributed by atoms with Crippen molar-refractivity contribution in [3.63, 3.8) is 0 Å². The Bertz CT molecular complexity index is 884. The van der Waals surface area contributed by atoms with E-state index in [9.17, 15) is 4.79 Å². The van der Waals surface area contributed by atoms with Crippen molar-refractivity contribution in [1.29, 1.82) is 0 Å². The molecule has 0 aliphatic carbocycles. The van der Waals surface area contributed by atoms with E-state index in [2.05, 4.69) is 9.97 Å². The van der Waals surface area contributed by atoms with Gasteiger partial charge in [-0.1, -0.05) is 53.5 Å². The number of nitrogens with zero attached hydrogens (tertiary/aromatic N) is 2. The Hall–Kier alpha value is -2.63. The normalized spacial score (nSPS) is 11.8. The van der Waals surface area contributed by atoms with Crippen LogP contribution >= 0.6 is 23.2 Å². The molecule has 0 amide bonds. The minimum atomic E-state index is -1.10. The maximum Gasteiger partial charge on any atom is 0.338 e. The monoisotopic (exact) mass is 374 g/mol. The number of hydrogen-bond donors (Lipinski definition) is 1. The lowest BCUT2D eigenvalue weighted by atomic mass is 10.0. The van der Waals surface area contributed by atoms with Crippen molar-refractivity contribution in [2.45, 2.75) is 6.10 Å². The highest BCUT2D eigenvalue weighted by Crippen LogP contribution is 2.32. The van der Waals surface area contributed by atoms with Gasteiger partial charge < -0.3 is 9.84 Å². The molecule has 0 spiro atoms. The summed E-state index contributed by atoms with van der Waals surface area (Å²) in [7, 11) is 0. The highest BCUT2D eigenvalue weighted by atomic mass is 35.5. The van der Waals surface area contributed by atoms with Crippen LogP contribution in [0.4, 0.5) is 0 Å². The zero-order chi connectivity index (χ0) is 17.8. The molecule has 3 rings (SSSR count). The van der Waals surface area contributed by atoms with E-state index in [1.54, 1.807) is 18.2 Å². The summed E-state index contributed by atoms with van der Waals surface area (Å²) >= 11 is 12.3. The van der Waals surface area contributed by atoms with Gasteiger partial charge >= 0.3 is 12.0 Å². The van der Waals surface area contributed by atoms with E-state index in [4.69, 9.17) is 33.0 Å². The summed E-state index contributed by atoms with van der Waals surface area (Å²) in [5.74, 6) is -1.10. The van der Waals surface area contributed by atoms with Gasteiger partial charge in [0.1, 0.15) is 0 Å². The van der Waals surface area contributed by atoms with Crippen molar-refractivity contribution in [2.75, 3.05) is 0 Å². The second-order valence-corrected chi connectivity index (χ2v) is 5.97. The third-order valence-corrected chi connectivity index (χ3v) is 4.05. The van der Waals surface area contributed by atoms with Gasteiger partial charge in [-0.25, -0.2) is 14.8 Å². The molecule has 2 aromatic carbocycles. The highest BCUT2D eigenvalue weighted by Gasteiger charge is 2.20. The van der Waals surface area contributed by atoms with Gasteiger partial charge in [-0.3, -0.25) is 0 Å². The molecule has 1 atom stereocenters. The lowest BCUT2D eigenvalue weighted by molar-refractivity contribution is 0.0695. The van der Waals surface area contributed by atoms with Crippen molar-refractivity contribution in [1.82, 2.24) is 9.97 Å². The van der Waals surface area contributed by atoms with Crippen LogP contribution in [-0.4, -0.2) is 21.0 Å². The van der Waals surface area contributed by atoms with Crippen LogP contribution < -0.4 is 4.74 Å². The Morgan fingerprint density at radius 3 is 2.24 bits per heavy atom. The first kappa shape index (κ1) is 17.2. The van der Waals surface area contributed by atoms with Gasteiger partial charge in [0.2, 0.25) is 0 Å². The van der Waals surface area contributed by atoms with Crippen LogP contribution in [0.25, 0.3) is 0 Å². The van der Waals surface area contributed by atoms with Gasteiger partial charge in [-0.2, -0.15) is 0 Å². The Labute approximate surface area is 153 Å². The molecule has 1 heterocycles. The van der Waals surface area contributed by atoms with Crippen molar-refractivity contribution in [2.24, 2.45) is 0 Å². The van der Waals surface area contributed by atoms with Crippen LogP contribution in [0, 0.1) is 0 Å². The van der Waals surface area contributed by atoms with Gasteiger partial charge in [0.25, 0.3) is 0 Å². The van der Waals surface area contributed by atoms with E-state index in [1.807, 2.05) is 30.3 Å². The summed E-state index contributed by atoms with van der Waals surface area (Å²) in [6.45, 7) is 0. The zero-order valence-corrected chi connectivity index (χ0v) is 14.3. The maximum atomic E-state index is 10.9. The van der Waals surface area contributed by atoms with Crippen molar-refractivity contribution >= 4 is 29.2 Å². The molecule has 0 bridgehead atoms. The summed E-state index contributed by atoms with van der Waals surface area (Å²) in [6, 6.07) is 14.5. The molecule has 5 nitrogen and oxygen atoms in total. The minimum absolute atomic E-state index is 0.0202. The minimum Gasteiger partial charge on any atom is -0.478 e. The van der Waals surface area contributed by atoms with Gasteiger partial charge in [0.15, 0.2) is 6.10 Å². The number of ether oxygens (including phenoxy) is 1.